The quantitative estimate of drug-likeness (QED) is 0.510. The zero-order valence-electron chi connectivity index (χ0n) is 11.4. The maximum absolute atomic E-state index is 11.9. The molecule has 0 aliphatic carbocycles. The third-order valence-electron chi connectivity index (χ3n) is 3.39. The molecule has 0 saturated carbocycles. The number of hydrogen-bond donors (Lipinski definition) is 0. The van der Waals surface area contributed by atoms with Crippen molar-refractivity contribution in [3.8, 4) is 0 Å². The number of nitrogens with zero attached hydrogens (tertiary/aromatic N) is 1. The van der Waals surface area contributed by atoms with Crippen molar-refractivity contribution in [2.75, 3.05) is 30.5 Å². The molecule has 112 valence electrons. The van der Waals surface area contributed by atoms with E-state index in [9.17, 15) is 13.2 Å². The summed E-state index contributed by atoms with van der Waals surface area (Å²) in [6.07, 6.45) is 6.50. The van der Waals surface area contributed by atoms with Crippen LogP contribution in [0.15, 0.2) is 0 Å². The molecule has 4 nitrogen and oxygen atoms in total. The van der Waals surface area contributed by atoms with E-state index in [1.54, 1.807) is 4.90 Å². The molecule has 6 heteroatoms. The minimum Gasteiger partial charge on any atom is -0.342 e. The fourth-order valence-electron chi connectivity index (χ4n) is 2.26. The first-order valence-corrected chi connectivity index (χ1v) is 9.45. The highest BCUT2D eigenvalue weighted by molar-refractivity contribution is 7.92. The van der Waals surface area contributed by atoms with Crippen LogP contribution in [0.3, 0.4) is 0 Å². The Labute approximate surface area is 121 Å². The van der Waals surface area contributed by atoms with E-state index in [1.807, 2.05) is 0 Å². The molecule has 0 unspecified atom stereocenters. The van der Waals surface area contributed by atoms with Crippen LogP contribution in [0.4, 0.5) is 0 Å². The lowest BCUT2D eigenvalue weighted by molar-refractivity contribution is -0.129. The predicted molar refractivity (Wildman–Crippen MR) is 78.3 cm³/mol. The largest absolute Gasteiger partial charge is 0.342 e. The van der Waals surface area contributed by atoms with Crippen LogP contribution in [0.2, 0.25) is 0 Å². The van der Waals surface area contributed by atoms with E-state index in [0.29, 0.717) is 25.4 Å². The molecule has 0 aromatic heterocycles. The topological polar surface area (TPSA) is 54.5 Å². The molecule has 0 N–H and O–H groups in total. The average Bonchev–Trinajstić information content (AvgIpc) is 2.39. The number of rotatable bonds is 8. The Kier molecular flexibility index (Phi) is 7.76. The van der Waals surface area contributed by atoms with Gasteiger partial charge >= 0.3 is 0 Å². The van der Waals surface area contributed by atoms with Gasteiger partial charge in [0.05, 0.1) is 5.75 Å². The van der Waals surface area contributed by atoms with Gasteiger partial charge in [-0.25, -0.2) is 8.42 Å². The molecule has 1 amide bonds. The number of halogens is 1. The number of carbonyl (C=O) groups excluding carboxylic acids is 1. The number of amides is 1. The summed E-state index contributed by atoms with van der Waals surface area (Å²) in [5.74, 6) is 0.206. The first-order chi connectivity index (χ1) is 9.05. The molecule has 19 heavy (non-hydrogen) atoms. The van der Waals surface area contributed by atoms with E-state index in [1.165, 1.54) is 0 Å². The van der Waals surface area contributed by atoms with Gasteiger partial charge in [0.2, 0.25) is 5.91 Å². The first-order valence-electron chi connectivity index (χ1n) is 7.09. The van der Waals surface area contributed by atoms with Crippen molar-refractivity contribution in [1.29, 1.82) is 0 Å². The van der Waals surface area contributed by atoms with Crippen molar-refractivity contribution in [3.05, 3.63) is 0 Å². The van der Waals surface area contributed by atoms with Gasteiger partial charge in [-0.2, -0.15) is 0 Å². The number of sulfone groups is 1. The highest BCUT2D eigenvalue weighted by atomic mass is 35.5. The molecule has 0 aromatic carbocycles. The highest BCUT2D eigenvalue weighted by Crippen LogP contribution is 2.10. The predicted octanol–water partition coefficient (Wildman–Crippen LogP) is 2.21. The normalized spacial score (nSPS) is 16.6. The fraction of sp³-hybridized carbons (Fsp3) is 0.923. The number of piperidine rings is 1. The Hall–Kier alpha value is -0.290. The number of carbonyl (C=O) groups is 1. The van der Waals surface area contributed by atoms with Gasteiger partial charge in [0.15, 0.2) is 9.84 Å². The molecule has 0 bridgehead atoms. The van der Waals surface area contributed by atoms with E-state index >= 15 is 0 Å². The van der Waals surface area contributed by atoms with E-state index in [0.717, 1.165) is 38.5 Å². The van der Waals surface area contributed by atoms with E-state index in [4.69, 9.17) is 11.6 Å². The van der Waals surface area contributed by atoms with E-state index in [2.05, 4.69) is 0 Å². The number of unbranched alkanes of at least 4 members (excludes halogenated alkanes) is 3. The van der Waals surface area contributed by atoms with Gasteiger partial charge in [-0.15, -0.1) is 11.6 Å². The van der Waals surface area contributed by atoms with Crippen LogP contribution in [0.5, 0.6) is 0 Å². The van der Waals surface area contributed by atoms with Crippen molar-refractivity contribution in [2.24, 2.45) is 0 Å². The van der Waals surface area contributed by atoms with Crippen molar-refractivity contribution >= 4 is 27.3 Å². The van der Waals surface area contributed by atoms with E-state index in [-0.39, 0.29) is 17.4 Å². The molecule has 0 atom stereocenters. The monoisotopic (exact) mass is 309 g/mol. The van der Waals surface area contributed by atoms with Crippen LogP contribution in [0.25, 0.3) is 0 Å². The summed E-state index contributed by atoms with van der Waals surface area (Å²) >= 11 is 5.56. The number of alkyl halides is 1. The second-order valence-electron chi connectivity index (χ2n) is 5.14. The molecule has 0 aromatic rings. The van der Waals surface area contributed by atoms with Gasteiger partial charge in [-0.3, -0.25) is 4.79 Å². The van der Waals surface area contributed by atoms with Gasteiger partial charge in [-0.05, 0) is 32.1 Å². The van der Waals surface area contributed by atoms with E-state index < -0.39 is 9.84 Å². The second-order valence-corrected chi connectivity index (χ2v) is 7.70. The maximum atomic E-state index is 11.9. The van der Waals surface area contributed by atoms with Crippen molar-refractivity contribution < 1.29 is 13.2 Å². The Morgan fingerprint density at radius 2 is 1.63 bits per heavy atom. The van der Waals surface area contributed by atoms with Crippen LogP contribution < -0.4 is 0 Å². The Balaban J connectivity index is 2.26. The zero-order chi connectivity index (χ0) is 14.1. The number of hydrogen-bond acceptors (Lipinski definition) is 3. The summed E-state index contributed by atoms with van der Waals surface area (Å²) in [5.41, 5.74) is 0. The molecule has 0 spiro atoms. The maximum Gasteiger partial charge on any atom is 0.237 e. The molecule has 1 saturated heterocycles. The summed E-state index contributed by atoms with van der Waals surface area (Å²) in [6, 6.07) is 0. The Morgan fingerprint density at radius 3 is 2.26 bits per heavy atom. The van der Waals surface area contributed by atoms with Gasteiger partial charge in [0.1, 0.15) is 5.75 Å². The minimum atomic E-state index is -3.24. The molecule has 1 aliphatic heterocycles. The first kappa shape index (κ1) is 16.8. The lowest BCUT2D eigenvalue weighted by Gasteiger charge is -2.26. The third kappa shape index (κ3) is 7.16. The zero-order valence-corrected chi connectivity index (χ0v) is 13.0. The Bertz CT molecular complexity index is 364. The average molecular weight is 310 g/mol. The fourth-order valence-corrected chi connectivity index (χ4v) is 3.80. The van der Waals surface area contributed by atoms with Crippen LogP contribution in [0.1, 0.15) is 44.9 Å². The van der Waals surface area contributed by atoms with Gasteiger partial charge in [-0.1, -0.05) is 12.8 Å². The lowest BCUT2D eigenvalue weighted by atomic mass is 10.1. The molecular formula is C13H24ClNO3S. The van der Waals surface area contributed by atoms with Gasteiger partial charge < -0.3 is 4.90 Å². The summed E-state index contributed by atoms with van der Waals surface area (Å²) in [5, 5.41) is 0. The van der Waals surface area contributed by atoms with Crippen LogP contribution in [-0.4, -0.2) is 49.7 Å². The molecular weight excluding hydrogens is 286 g/mol. The van der Waals surface area contributed by atoms with Crippen LogP contribution >= 0.6 is 11.6 Å². The molecule has 1 rings (SSSR count). The van der Waals surface area contributed by atoms with Crippen molar-refractivity contribution in [2.45, 2.75) is 44.9 Å². The highest BCUT2D eigenvalue weighted by Gasteiger charge is 2.22. The Morgan fingerprint density at radius 1 is 1.00 bits per heavy atom. The third-order valence-corrected chi connectivity index (χ3v) is 5.26. The molecule has 1 heterocycles. The molecule has 0 radical (unpaired) electrons. The smallest absolute Gasteiger partial charge is 0.237 e. The van der Waals surface area contributed by atoms with Crippen molar-refractivity contribution in [3.63, 3.8) is 0 Å². The second kappa shape index (κ2) is 8.80. The van der Waals surface area contributed by atoms with Gasteiger partial charge in [0, 0.05) is 19.0 Å². The molecule has 1 fully saturated rings. The number of likely N-dealkylation sites (tertiary alicyclic amines) is 1. The summed E-state index contributed by atoms with van der Waals surface area (Å²) in [6.45, 7) is 1.42. The standard InChI is InChI=1S/C13H24ClNO3S/c14-8-4-1-2-7-11-19(17,18)12-13(16)15-9-5-3-6-10-15/h1-12H2. The van der Waals surface area contributed by atoms with Gasteiger partial charge in [0.25, 0.3) is 0 Å². The minimum absolute atomic E-state index is 0.120. The van der Waals surface area contributed by atoms with Crippen molar-refractivity contribution in [1.82, 2.24) is 4.90 Å². The SMILES string of the molecule is O=C(CS(=O)(=O)CCCCCCCl)N1CCCCC1. The summed E-state index contributed by atoms with van der Waals surface area (Å²) in [4.78, 5) is 13.6. The summed E-state index contributed by atoms with van der Waals surface area (Å²) in [7, 11) is -3.24. The summed E-state index contributed by atoms with van der Waals surface area (Å²) < 4.78 is 23.7. The lowest BCUT2D eigenvalue weighted by Crippen LogP contribution is -2.39. The van der Waals surface area contributed by atoms with Crippen LogP contribution in [0, 0.1) is 0 Å². The molecule has 1 aliphatic rings. The van der Waals surface area contributed by atoms with Crippen LogP contribution in [-0.2, 0) is 14.6 Å².